The van der Waals surface area contributed by atoms with Crippen LogP contribution in [0, 0.1) is 0 Å². The van der Waals surface area contributed by atoms with Crippen molar-refractivity contribution < 1.29 is 17.7 Å². The van der Waals surface area contributed by atoms with Crippen molar-refractivity contribution in [1.82, 2.24) is 15.1 Å². The van der Waals surface area contributed by atoms with Crippen LogP contribution in [0.4, 0.5) is 13.2 Å². The summed E-state index contributed by atoms with van der Waals surface area (Å²) < 4.78 is 40.3. The van der Waals surface area contributed by atoms with Crippen LogP contribution in [-0.2, 0) is 6.42 Å². The van der Waals surface area contributed by atoms with E-state index in [0.29, 0.717) is 4.88 Å². The van der Waals surface area contributed by atoms with Gasteiger partial charge in [0.15, 0.2) is 5.82 Å². The minimum Gasteiger partial charge on any atom is -0.296 e. The zero-order valence-corrected chi connectivity index (χ0v) is 8.35. The molecular weight excluding hydrogens is 247 g/mol. The Morgan fingerprint density at radius 1 is 1.50 bits per heavy atom. The minimum atomic E-state index is -4.30. The Morgan fingerprint density at radius 3 is 2.81 bits per heavy atom. The summed E-state index contributed by atoms with van der Waals surface area (Å²) in [6, 6.07) is 0. The van der Waals surface area contributed by atoms with Gasteiger partial charge in [0.25, 0.3) is 0 Å². The van der Waals surface area contributed by atoms with Gasteiger partial charge >= 0.3 is 11.9 Å². The number of nitrogens with zero attached hydrogens (tertiary/aromatic N) is 2. The van der Waals surface area contributed by atoms with Crippen molar-refractivity contribution in [1.29, 1.82) is 0 Å². The molecule has 0 unspecified atom stereocenters. The third-order valence-corrected chi connectivity index (χ3v) is 2.58. The highest BCUT2D eigenvalue weighted by molar-refractivity contribution is 7.15. The maximum absolute atomic E-state index is 12.0. The Morgan fingerprint density at radius 2 is 2.25 bits per heavy atom. The van der Waals surface area contributed by atoms with Gasteiger partial charge in [0.05, 0.1) is 11.3 Å². The zero-order valence-electron chi connectivity index (χ0n) is 7.54. The summed E-state index contributed by atoms with van der Waals surface area (Å²) >= 11 is 0.802. The number of halogens is 3. The molecule has 0 spiro atoms. The number of alkyl halides is 3. The molecule has 9 heteroatoms. The molecule has 0 atom stereocenters. The van der Waals surface area contributed by atoms with E-state index in [1.54, 1.807) is 0 Å². The first kappa shape index (κ1) is 10.9. The first-order chi connectivity index (χ1) is 7.44. The lowest BCUT2D eigenvalue weighted by molar-refractivity contribution is -0.127. The minimum absolute atomic E-state index is 0.0796. The number of aromatic nitrogens is 3. The first-order valence-electron chi connectivity index (χ1n) is 4.02. The van der Waals surface area contributed by atoms with Gasteiger partial charge in [0.1, 0.15) is 5.01 Å². The molecule has 2 aromatic rings. The standard InChI is InChI=1S/C7H4F3N3O2S/c8-7(9,10)1-4-11-2-3(16-4)5-12-6(14)15-13-5/h2H,1H2,(H,12,13,14). The number of hydrogen-bond acceptors (Lipinski definition) is 5. The molecule has 0 aromatic carbocycles. The molecule has 0 fully saturated rings. The molecule has 0 bridgehead atoms. The largest absolute Gasteiger partial charge is 0.439 e. The molecule has 2 aromatic heterocycles. The molecule has 0 amide bonds. The third-order valence-electron chi connectivity index (χ3n) is 1.58. The number of hydrogen-bond donors (Lipinski definition) is 1. The van der Waals surface area contributed by atoms with E-state index in [0.717, 1.165) is 11.3 Å². The van der Waals surface area contributed by atoms with Crippen LogP contribution in [0.5, 0.6) is 0 Å². The van der Waals surface area contributed by atoms with Gasteiger partial charge < -0.3 is 0 Å². The number of aromatic amines is 1. The molecule has 2 heterocycles. The molecular formula is C7H4F3N3O2S. The zero-order chi connectivity index (χ0) is 11.8. The predicted molar refractivity (Wildman–Crippen MR) is 48.0 cm³/mol. The van der Waals surface area contributed by atoms with Crippen LogP contribution >= 0.6 is 11.3 Å². The second kappa shape index (κ2) is 3.74. The van der Waals surface area contributed by atoms with Gasteiger partial charge in [0, 0.05) is 6.20 Å². The van der Waals surface area contributed by atoms with Crippen LogP contribution < -0.4 is 5.76 Å². The summed E-state index contributed by atoms with van der Waals surface area (Å²) in [5.74, 6) is -0.684. The van der Waals surface area contributed by atoms with Gasteiger partial charge in [-0.1, -0.05) is 5.16 Å². The highest BCUT2D eigenvalue weighted by atomic mass is 32.1. The maximum Gasteiger partial charge on any atom is 0.439 e. The highest BCUT2D eigenvalue weighted by Crippen LogP contribution is 2.27. The van der Waals surface area contributed by atoms with Crippen LogP contribution in [0.15, 0.2) is 15.5 Å². The lowest BCUT2D eigenvalue weighted by Crippen LogP contribution is -2.10. The molecule has 0 aliphatic rings. The fraction of sp³-hybridized carbons (Fsp3) is 0.286. The van der Waals surface area contributed by atoms with E-state index < -0.39 is 18.4 Å². The molecule has 1 N–H and O–H groups in total. The lowest BCUT2D eigenvalue weighted by Gasteiger charge is -2.01. The van der Waals surface area contributed by atoms with Gasteiger partial charge in [-0.25, -0.2) is 9.78 Å². The predicted octanol–water partition coefficient (Wildman–Crippen LogP) is 1.59. The van der Waals surface area contributed by atoms with Crippen molar-refractivity contribution >= 4 is 11.3 Å². The SMILES string of the molecule is O=c1[nH]c(-c2cnc(CC(F)(F)F)s2)no1. The third kappa shape index (κ3) is 2.48. The average Bonchev–Trinajstić information content (AvgIpc) is 2.71. The second-order valence-electron chi connectivity index (χ2n) is 2.85. The van der Waals surface area contributed by atoms with Gasteiger partial charge in [-0.2, -0.15) is 13.2 Å². The number of rotatable bonds is 2. The van der Waals surface area contributed by atoms with Crippen molar-refractivity contribution in [3.63, 3.8) is 0 Å². The van der Waals surface area contributed by atoms with E-state index in [1.807, 2.05) is 0 Å². The molecule has 0 saturated carbocycles. The Kier molecular flexibility index (Phi) is 2.54. The van der Waals surface area contributed by atoms with Crippen molar-refractivity contribution in [3.8, 4) is 10.7 Å². The quantitative estimate of drug-likeness (QED) is 0.879. The molecule has 5 nitrogen and oxygen atoms in total. The van der Waals surface area contributed by atoms with E-state index >= 15 is 0 Å². The van der Waals surface area contributed by atoms with E-state index in [2.05, 4.69) is 19.6 Å². The molecule has 0 aliphatic heterocycles. The monoisotopic (exact) mass is 251 g/mol. The van der Waals surface area contributed by atoms with Gasteiger partial charge in [-0.15, -0.1) is 11.3 Å². The Bertz CT molecular complexity index is 541. The molecule has 0 aliphatic carbocycles. The fourth-order valence-corrected chi connectivity index (χ4v) is 1.89. The lowest BCUT2D eigenvalue weighted by atomic mass is 10.4. The molecule has 86 valence electrons. The summed E-state index contributed by atoms with van der Waals surface area (Å²) in [6.45, 7) is 0. The van der Waals surface area contributed by atoms with Crippen LogP contribution in [0.2, 0.25) is 0 Å². The summed E-state index contributed by atoms with van der Waals surface area (Å²) in [6.07, 6.45) is -4.19. The summed E-state index contributed by atoms with van der Waals surface area (Å²) in [7, 11) is 0. The molecule has 0 saturated heterocycles. The van der Waals surface area contributed by atoms with Crippen molar-refractivity contribution in [2.75, 3.05) is 0 Å². The summed E-state index contributed by atoms with van der Waals surface area (Å²) in [5.41, 5.74) is 0. The molecule has 16 heavy (non-hydrogen) atoms. The van der Waals surface area contributed by atoms with Gasteiger partial charge in [-0.3, -0.25) is 9.51 Å². The Hall–Kier alpha value is -1.64. The number of nitrogens with one attached hydrogen (secondary N) is 1. The van der Waals surface area contributed by atoms with Crippen LogP contribution in [0.3, 0.4) is 0 Å². The maximum atomic E-state index is 12.0. The van der Waals surface area contributed by atoms with Crippen LogP contribution in [-0.4, -0.2) is 21.3 Å². The van der Waals surface area contributed by atoms with Crippen molar-refractivity contribution in [2.24, 2.45) is 0 Å². The first-order valence-corrected chi connectivity index (χ1v) is 4.83. The average molecular weight is 251 g/mol. The van der Waals surface area contributed by atoms with E-state index in [4.69, 9.17) is 0 Å². The van der Waals surface area contributed by atoms with Gasteiger partial charge in [-0.05, 0) is 0 Å². The number of H-pyrrole nitrogens is 1. The fourth-order valence-electron chi connectivity index (χ4n) is 1.01. The Labute approximate surface area is 89.9 Å². The second-order valence-corrected chi connectivity index (χ2v) is 3.97. The topological polar surface area (TPSA) is 71.8 Å². The van der Waals surface area contributed by atoms with Crippen LogP contribution in [0.1, 0.15) is 5.01 Å². The summed E-state index contributed by atoms with van der Waals surface area (Å²) in [5, 5.41) is 3.25. The van der Waals surface area contributed by atoms with Gasteiger partial charge in [0.2, 0.25) is 0 Å². The molecule has 2 rings (SSSR count). The number of thiazole rings is 1. The highest BCUT2D eigenvalue weighted by Gasteiger charge is 2.29. The van der Waals surface area contributed by atoms with E-state index in [9.17, 15) is 18.0 Å². The van der Waals surface area contributed by atoms with E-state index in [-0.39, 0.29) is 10.8 Å². The van der Waals surface area contributed by atoms with Crippen molar-refractivity contribution in [2.45, 2.75) is 12.6 Å². The molecule has 0 radical (unpaired) electrons. The summed E-state index contributed by atoms with van der Waals surface area (Å²) in [4.78, 5) is 16.7. The normalized spacial score (nSPS) is 11.9. The Balaban J connectivity index is 2.23. The van der Waals surface area contributed by atoms with Crippen LogP contribution in [0.25, 0.3) is 10.7 Å². The van der Waals surface area contributed by atoms with Crippen molar-refractivity contribution in [3.05, 3.63) is 21.8 Å². The smallest absolute Gasteiger partial charge is 0.296 e. The van der Waals surface area contributed by atoms with E-state index in [1.165, 1.54) is 6.20 Å².